The van der Waals surface area contributed by atoms with E-state index in [2.05, 4.69) is 0 Å². The second kappa shape index (κ2) is 4.98. The van der Waals surface area contributed by atoms with Crippen molar-refractivity contribution < 1.29 is 19.4 Å². The summed E-state index contributed by atoms with van der Waals surface area (Å²) in [5, 5.41) is 10.7. The van der Waals surface area contributed by atoms with Gasteiger partial charge >= 0.3 is 0 Å². The summed E-state index contributed by atoms with van der Waals surface area (Å²) in [5.74, 6) is 1.50. The van der Waals surface area contributed by atoms with E-state index in [-0.39, 0.29) is 5.78 Å². The topological polar surface area (TPSA) is 55.8 Å². The maximum Gasteiger partial charge on any atom is 0.133 e. The fraction of sp³-hybridized carbons (Fsp3) is 0.500. The highest BCUT2D eigenvalue weighted by Gasteiger charge is 2.36. The number of carbonyl (C=O) groups excluding carboxylic acids is 1. The lowest BCUT2D eigenvalue weighted by Gasteiger charge is -2.33. The summed E-state index contributed by atoms with van der Waals surface area (Å²) >= 11 is 0. The monoisotopic (exact) mass is 250 g/mol. The number of methoxy groups -OCH3 is 2. The first kappa shape index (κ1) is 12.9. The van der Waals surface area contributed by atoms with Crippen molar-refractivity contribution in [2.45, 2.75) is 31.3 Å². The smallest absolute Gasteiger partial charge is 0.133 e. The summed E-state index contributed by atoms with van der Waals surface area (Å²) in [6.45, 7) is 0. The van der Waals surface area contributed by atoms with Crippen LogP contribution in [0, 0.1) is 0 Å². The van der Waals surface area contributed by atoms with Crippen molar-refractivity contribution in [3.05, 3.63) is 23.8 Å². The zero-order valence-corrected chi connectivity index (χ0v) is 10.7. The van der Waals surface area contributed by atoms with E-state index in [1.54, 1.807) is 26.4 Å². The third-order valence-electron chi connectivity index (χ3n) is 3.54. The molecule has 1 N–H and O–H groups in total. The molecule has 0 bridgehead atoms. The van der Waals surface area contributed by atoms with Gasteiger partial charge in [-0.25, -0.2) is 0 Å². The first-order valence-electron chi connectivity index (χ1n) is 6.05. The molecule has 0 amide bonds. The summed E-state index contributed by atoms with van der Waals surface area (Å²) in [7, 11) is 3.15. The van der Waals surface area contributed by atoms with Gasteiger partial charge in [0.1, 0.15) is 17.3 Å². The van der Waals surface area contributed by atoms with E-state index in [9.17, 15) is 9.90 Å². The van der Waals surface area contributed by atoms with Gasteiger partial charge in [0.15, 0.2) is 0 Å². The first-order chi connectivity index (χ1) is 8.59. The molecule has 0 aliphatic heterocycles. The van der Waals surface area contributed by atoms with Crippen LogP contribution in [0.2, 0.25) is 0 Å². The molecule has 1 aromatic carbocycles. The van der Waals surface area contributed by atoms with Gasteiger partial charge in [-0.15, -0.1) is 0 Å². The molecule has 4 heteroatoms. The summed E-state index contributed by atoms with van der Waals surface area (Å²) in [5.41, 5.74) is -0.232. The number of hydrogen-bond acceptors (Lipinski definition) is 4. The van der Waals surface area contributed by atoms with E-state index in [1.165, 1.54) is 0 Å². The summed E-state index contributed by atoms with van der Waals surface area (Å²) in [6.07, 6.45) is 1.75. The van der Waals surface area contributed by atoms with E-state index in [1.807, 2.05) is 6.07 Å². The Morgan fingerprint density at radius 2 is 1.83 bits per heavy atom. The highest BCUT2D eigenvalue weighted by molar-refractivity contribution is 5.79. The normalized spacial score (nSPS) is 18.5. The van der Waals surface area contributed by atoms with Crippen molar-refractivity contribution in [2.75, 3.05) is 14.2 Å². The molecule has 0 heterocycles. The van der Waals surface area contributed by atoms with Crippen molar-refractivity contribution in [1.82, 2.24) is 0 Å². The molecule has 0 radical (unpaired) electrons. The van der Waals surface area contributed by atoms with Crippen molar-refractivity contribution in [2.24, 2.45) is 0 Å². The van der Waals surface area contributed by atoms with Crippen LogP contribution in [0.1, 0.15) is 31.2 Å². The lowest BCUT2D eigenvalue weighted by molar-refractivity contribution is -0.125. The van der Waals surface area contributed by atoms with Gasteiger partial charge in [-0.1, -0.05) is 0 Å². The van der Waals surface area contributed by atoms with Crippen LogP contribution in [0.4, 0.5) is 0 Å². The zero-order valence-electron chi connectivity index (χ0n) is 10.7. The number of carbonyl (C=O) groups is 1. The van der Waals surface area contributed by atoms with Crippen molar-refractivity contribution >= 4 is 5.78 Å². The minimum Gasteiger partial charge on any atom is -0.497 e. The molecule has 1 aromatic rings. The molecule has 0 aromatic heterocycles. The van der Waals surface area contributed by atoms with Crippen LogP contribution >= 0.6 is 0 Å². The molecule has 4 nitrogen and oxygen atoms in total. The zero-order chi connectivity index (χ0) is 13.2. The van der Waals surface area contributed by atoms with Crippen LogP contribution in [0.3, 0.4) is 0 Å². The summed E-state index contributed by atoms with van der Waals surface area (Å²) in [6, 6.07) is 5.36. The van der Waals surface area contributed by atoms with Crippen LogP contribution in [-0.2, 0) is 10.4 Å². The molecule has 1 fully saturated rings. The molecule has 98 valence electrons. The summed E-state index contributed by atoms with van der Waals surface area (Å²) < 4.78 is 10.4. The van der Waals surface area contributed by atoms with Gasteiger partial charge in [0.05, 0.1) is 19.8 Å². The average Bonchev–Trinajstić information content (AvgIpc) is 2.41. The number of aliphatic hydroxyl groups is 1. The molecular weight excluding hydrogens is 232 g/mol. The molecule has 0 saturated heterocycles. The molecule has 2 rings (SSSR count). The van der Waals surface area contributed by atoms with Crippen LogP contribution in [-0.4, -0.2) is 25.1 Å². The maximum atomic E-state index is 11.3. The highest BCUT2D eigenvalue weighted by atomic mass is 16.5. The number of ketones is 1. The molecule has 0 spiro atoms. The fourth-order valence-corrected chi connectivity index (χ4v) is 2.39. The van der Waals surface area contributed by atoms with E-state index < -0.39 is 5.60 Å². The van der Waals surface area contributed by atoms with Crippen LogP contribution in [0.5, 0.6) is 11.5 Å². The molecule has 1 aliphatic rings. The van der Waals surface area contributed by atoms with Crippen LogP contribution in [0.15, 0.2) is 18.2 Å². The van der Waals surface area contributed by atoms with E-state index in [0.717, 1.165) is 5.56 Å². The highest BCUT2D eigenvalue weighted by Crippen LogP contribution is 2.41. The maximum absolute atomic E-state index is 11.3. The Morgan fingerprint density at radius 1 is 1.17 bits per heavy atom. The van der Waals surface area contributed by atoms with Crippen LogP contribution in [0.25, 0.3) is 0 Å². The van der Waals surface area contributed by atoms with Gasteiger partial charge in [-0.05, 0) is 25.0 Å². The number of rotatable bonds is 3. The first-order valence-corrected chi connectivity index (χ1v) is 6.05. The van der Waals surface area contributed by atoms with Gasteiger partial charge in [0, 0.05) is 24.5 Å². The van der Waals surface area contributed by atoms with Crippen molar-refractivity contribution in [3.8, 4) is 11.5 Å². The van der Waals surface area contributed by atoms with Crippen molar-refractivity contribution in [1.29, 1.82) is 0 Å². The van der Waals surface area contributed by atoms with Gasteiger partial charge in [-0.3, -0.25) is 4.79 Å². The lowest BCUT2D eigenvalue weighted by atomic mass is 9.79. The Bertz CT molecular complexity index is 443. The Hall–Kier alpha value is -1.55. The quantitative estimate of drug-likeness (QED) is 0.891. The molecular formula is C14H18O4. The predicted molar refractivity (Wildman–Crippen MR) is 66.9 cm³/mol. The molecule has 1 saturated carbocycles. The standard InChI is InChI=1S/C14H18O4/c1-17-11-3-4-12(13(9-11)18-2)14(16)7-5-10(15)6-8-14/h3-4,9,16H,5-8H2,1-2H3. The minimum absolute atomic E-state index is 0.215. The Balaban J connectivity index is 2.34. The minimum atomic E-state index is -0.967. The second-order valence-electron chi connectivity index (χ2n) is 4.64. The largest absolute Gasteiger partial charge is 0.497 e. The van der Waals surface area contributed by atoms with Gasteiger partial charge < -0.3 is 14.6 Å². The number of benzene rings is 1. The van der Waals surface area contributed by atoms with E-state index in [4.69, 9.17) is 9.47 Å². The van der Waals surface area contributed by atoms with Crippen molar-refractivity contribution in [3.63, 3.8) is 0 Å². The third kappa shape index (κ3) is 2.34. The number of hydrogen-bond donors (Lipinski definition) is 1. The molecule has 18 heavy (non-hydrogen) atoms. The Morgan fingerprint density at radius 3 is 2.39 bits per heavy atom. The Kier molecular flexibility index (Phi) is 3.57. The third-order valence-corrected chi connectivity index (χ3v) is 3.54. The summed E-state index contributed by atoms with van der Waals surface area (Å²) in [4.78, 5) is 11.3. The Labute approximate surface area is 107 Å². The SMILES string of the molecule is COc1ccc(C2(O)CCC(=O)CC2)c(OC)c1. The average molecular weight is 250 g/mol. The fourth-order valence-electron chi connectivity index (χ4n) is 2.39. The van der Waals surface area contributed by atoms with Gasteiger partial charge in [-0.2, -0.15) is 0 Å². The predicted octanol–water partition coefficient (Wildman–Crippen LogP) is 2.03. The van der Waals surface area contributed by atoms with E-state index >= 15 is 0 Å². The number of ether oxygens (including phenoxy) is 2. The molecule has 1 aliphatic carbocycles. The van der Waals surface area contributed by atoms with Crippen LogP contribution < -0.4 is 9.47 Å². The van der Waals surface area contributed by atoms with E-state index in [0.29, 0.717) is 37.2 Å². The lowest BCUT2D eigenvalue weighted by Crippen LogP contribution is -2.32. The second-order valence-corrected chi connectivity index (χ2v) is 4.64. The number of Topliss-reactive ketones (excluding diaryl/α,β-unsaturated/α-hetero) is 1. The molecule has 0 atom stereocenters. The van der Waals surface area contributed by atoms with Gasteiger partial charge in [0.25, 0.3) is 0 Å². The molecule has 0 unspecified atom stereocenters. The van der Waals surface area contributed by atoms with Gasteiger partial charge in [0.2, 0.25) is 0 Å².